The first-order valence-corrected chi connectivity index (χ1v) is 6.80. The van der Waals surface area contributed by atoms with Gasteiger partial charge >= 0.3 is 0 Å². The van der Waals surface area contributed by atoms with Gasteiger partial charge in [0.25, 0.3) is 0 Å². The molecule has 0 aliphatic carbocycles. The summed E-state index contributed by atoms with van der Waals surface area (Å²) in [5, 5.41) is 17.5. The average Bonchev–Trinajstić information content (AvgIpc) is 2.38. The zero-order chi connectivity index (χ0) is 14.0. The molecule has 104 valence electrons. The highest BCUT2D eigenvalue weighted by Gasteiger charge is 2.25. The summed E-state index contributed by atoms with van der Waals surface area (Å²) in [6.45, 7) is 3.45. The van der Waals surface area contributed by atoms with Crippen molar-refractivity contribution in [2.45, 2.75) is 25.9 Å². The third-order valence-electron chi connectivity index (χ3n) is 3.68. The number of nitrogens with zero attached hydrogens (tertiary/aromatic N) is 2. The number of halogens is 1. The molecule has 0 amide bonds. The summed E-state index contributed by atoms with van der Waals surface area (Å²) in [7, 11) is 0. The van der Waals surface area contributed by atoms with E-state index in [1.807, 2.05) is 6.92 Å². The van der Waals surface area contributed by atoms with Gasteiger partial charge in [-0.1, -0.05) is 11.6 Å². The van der Waals surface area contributed by atoms with Gasteiger partial charge in [-0.25, -0.2) is 4.98 Å². The lowest BCUT2D eigenvalue weighted by Crippen LogP contribution is -2.37. The van der Waals surface area contributed by atoms with Gasteiger partial charge in [-0.15, -0.1) is 0 Å². The van der Waals surface area contributed by atoms with Gasteiger partial charge in [-0.3, -0.25) is 5.41 Å². The van der Waals surface area contributed by atoms with Gasteiger partial charge in [-0.05, 0) is 31.7 Å². The number of aromatic nitrogens is 1. The van der Waals surface area contributed by atoms with Gasteiger partial charge in [-0.2, -0.15) is 0 Å². The first-order chi connectivity index (χ1) is 9.00. The van der Waals surface area contributed by atoms with Gasteiger partial charge in [0.1, 0.15) is 11.7 Å². The number of piperidine rings is 1. The predicted molar refractivity (Wildman–Crippen MR) is 76.9 cm³/mol. The molecule has 0 bridgehead atoms. The first kappa shape index (κ1) is 14.1. The second-order valence-electron chi connectivity index (χ2n) is 4.97. The van der Waals surface area contributed by atoms with E-state index in [-0.39, 0.29) is 11.9 Å². The van der Waals surface area contributed by atoms with Crippen molar-refractivity contribution in [3.05, 3.63) is 22.8 Å². The highest BCUT2D eigenvalue weighted by Crippen LogP contribution is 2.30. The molecular weight excluding hydrogens is 264 g/mol. The maximum atomic E-state index is 9.60. The highest BCUT2D eigenvalue weighted by atomic mass is 35.5. The number of amidine groups is 1. The van der Waals surface area contributed by atoms with Gasteiger partial charge in [0.15, 0.2) is 0 Å². The Morgan fingerprint density at radius 3 is 2.74 bits per heavy atom. The summed E-state index contributed by atoms with van der Waals surface area (Å²) in [4.78, 5) is 6.39. The number of pyridine rings is 1. The van der Waals surface area contributed by atoms with Crippen LogP contribution in [0.25, 0.3) is 0 Å². The van der Waals surface area contributed by atoms with E-state index in [0.29, 0.717) is 22.3 Å². The lowest BCUT2D eigenvalue weighted by Gasteiger charge is -2.34. The van der Waals surface area contributed by atoms with Gasteiger partial charge in [0.05, 0.1) is 11.1 Å². The van der Waals surface area contributed by atoms with Gasteiger partial charge in [0, 0.05) is 24.8 Å². The Hall–Kier alpha value is -1.33. The fourth-order valence-corrected chi connectivity index (χ4v) is 2.79. The van der Waals surface area contributed by atoms with Crippen molar-refractivity contribution in [1.82, 2.24) is 4.98 Å². The van der Waals surface area contributed by atoms with Crippen molar-refractivity contribution in [2.75, 3.05) is 18.0 Å². The lowest BCUT2D eigenvalue weighted by atomic mass is 9.92. The van der Waals surface area contributed by atoms with Crippen molar-refractivity contribution in [3.8, 4) is 0 Å². The quantitative estimate of drug-likeness (QED) is 0.581. The van der Waals surface area contributed by atoms with Crippen LogP contribution < -0.4 is 10.6 Å². The van der Waals surface area contributed by atoms with Crippen LogP contribution in [0.4, 0.5) is 5.82 Å². The monoisotopic (exact) mass is 282 g/mol. The number of anilines is 1. The maximum Gasteiger partial charge on any atom is 0.148 e. The Morgan fingerprint density at radius 2 is 2.21 bits per heavy atom. The van der Waals surface area contributed by atoms with Crippen LogP contribution in [-0.4, -0.2) is 35.1 Å². The van der Waals surface area contributed by atoms with E-state index < -0.39 is 0 Å². The summed E-state index contributed by atoms with van der Waals surface area (Å²) in [5.74, 6) is 0.969. The molecule has 2 heterocycles. The Morgan fingerprint density at radius 1 is 1.58 bits per heavy atom. The van der Waals surface area contributed by atoms with Crippen LogP contribution in [0.3, 0.4) is 0 Å². The minimum absolute atomic E-state index is 0.0486. The molecule has 6 heteroatoms. The van der Waals surface area contributed by atoms with E-state index >= 15 is 0 Å². The van der Waals surface area contributed by atoms with Crippen LogP contribution in [0.5, 0.6) is 0 Å². The van der Waals surface area contributed by atoms with Crippen LogP contribution in [0.15, 0.2) is 12.3 Å². The molecular formula is C13H19ClN4O. The van der Waals surface area contributed by atoms with Gasteiger partial charge < -0.3 is 15.7 Å². The molecule has 1 unspecified atom stereocenters. The Balaban J connectivity index is 2.16. The zero-order valence-electron chi connectivity index (χ0n) is 10.9. The maximum absolute atomic E-state index is 9.60. The molecule has 0 radical (unpaired) electrons. The summed E-state index contributed by atoms with van der Waals surface area (Å²) >= 11 is 6.26. The molecule has 0 saturated carbocycles. The van der Waals surface area contributed by atoms with E-state index in [1.165, 1.54) is 0 Å². The van der Waals surface area contributed by atoms with E-state index in [9.17, 15) is 5.11 Å². The van der Waals surface area contributed by atoms with Gasteiger partial charge in [0.2, 0.25) is 0 Å². The topological polar surface area (TPSA) is 86.2 Å². The van der Waals surface area contributed by atoms with E-state index in [4.69, 9.17) is 22.7 Å². The minimum atomic E-state index is -0.269. The highest BCUT2D eigenvalue weighted by molar-refractivity contribution is 6.36. The molecule has 1 aliphatic rings. The number of rotatable bonds is 3. The van der Waals surface area contributed by atoms with Crippen molar-refractivity contribution in [1.29, 1.82) is 5.41 Å². The molecule has 0 spiro atoms. The number of hydrogen-bond donors (Lipinski definition) is 3. The van der Waals surface area contributed by atoms with Crippen molar-refractivity contribution in [2.24, 2.45) is 11.7 Å². The molecule has 1 atom stereocenters. The van der Waals surface area contributed by atoms with Crippen molar-refractivity contribution >= 4 is 23.3 Å². The number of nitrogens with one attached hydrogen (secondary N) is 1. The average molecular weight is 283 g/mol. The number of aliphatic hydroxyl groups is 1. The van der Waals surface area contributed by atoms with Crippen LogP contribution in [-0.2, 0) is 0 Å². The van der Waals surface area contributed by atoms with E-state index in [0.717, 1.165) is 25.9 Å². The van der Waals surface area contributed by atoms with Crippen LogP contribution >= 0.6 is 11.6 Å². The first-order valence-electron chi connectivity index (χ1n) is 6.42. The SMILES string of the molecule is CC(O)C1CCN(c2nccc(C(=N)N)c2Cl)CC1. The summed E-state index contributed by atoms with van der Waals surface area (Å²) < 4.78 is 0. The molecule has 5 nitrogen and oxygen atoms in total. The predicted octanol–water partition coefficient (Wildman–Crippen LogP) is 1.62. The lowest BCUT2D eigenvalue weighted by molar-refractivity contribution is 0.110. The molecule has 2 rings (SSSR count). The number of hydrogen-bond acceptors (Lipinski definition) is 4. The number of nitrogens with two attached hydrogens (primary N) is 1. The molecule has 1 aromatic rings. The third kappa shape index (κ3) is 2.98. The Kier molecular flexibility index (Phi) is 4.27. The molecule has 19 heavy (non-hydrogen) atoms. The molecule has 0 aromatic carbocycles. The zero-order valence-corrected chi connectivity index (χ0v) is 11.7. The Bertz CT molecular complexity index is 470. The van der Waals surface area contributed by atoms with E-state index in [1.54, 1.807) is 12.3 Å². The second-order valence-corrected chi connectivity index (χ2v) is 5.35. The molecule has 1 aromatic heterocycles. The molecule has 1 fully saturated rings. The second kappa shape index (κ2) is 5.75. The number of aliphatic hydroxyl groups excluding tert-OH is 1. The molecule has 4 N–H and O–H groups in total. The van der Waals surface area contributed by atoms with Crippen molar-refractivity contribution in [3.63, 3.8) is 0 Å². The minimum Gasteiger partial charge on any atom is -0.393 e. The fourth-order valence-electron chi connectivity index (χ4n) is 2.45. The third-order valence-corrected chi connectivity index (χ3v) is 4.05. The van der Waals surface area contributed by atoms with Crippen molar-refractivity contribution < 1.29 is 5.11 Å². The Labute approximate surface area is 117 Å². The largest absolute Gasteiger partial charge is 0.393 e. The molecule has 1 aliphatic heterocycles. The van der Waals surface area contributed by atoms with Crippen LogP contribution in [0, 0.1) is 11.3 Å². The fraction of sp³-hybridized carbons (Fsp3) is 0.538. The normalized spacial score (nSPS) is 18.4. The van der Waals surface area contributed by atoms with E-state index in [2.05, 4.69) is 9.88 Å². The summed E-state index contributed by atoms with van der Waals surface area (Å²) in [6.07, 6.45) is 3.19. The van der Waals surface area contributed by atoms with Crippen LogP contribution in [0.1, 0.15) is 25.3 Å². The smallest absolute Gasteiger partial charge is 0.148 e. The standard InChI is InChI=1S/C13H19ClN4O/c1-8(19)9-3-6-18(7-4-9)13-11(14)10(12(15)16)2-5-17-13/h2,5,8-9,19H,3-4,6-7H2,1H3,(H3,15,16). The molecule has 1 saturated heterocycles. The summed E-state index contributed by atoms with van der Waals surface area (Å²) in [6, 6.07) is 1.65. The summed E-state index contributed by atoms with van der Waals surface area (Å²) in [5.41, 5.74) is 6.01. The number of nitrogen functional groups attached to an aromatic ring is 1. The van der Waals surface area contributed by atoms with Crippen LogP contribution in [0.2, 0.25) is 5.02 Å².